The third kappa shape index (κ3) is 1.04. The van der Waals surface area contributed by atoms with Gasteiger partial charge in [0.1, 0.15) is 10.1 Å². The molecule has 0 amide bonds. The van der Waals surface area contributed by atoms with E-state index in [0.29, 0.717) is 5.69 Å². The van der Waals surface area contributed by atoms with Crippen molar-refractivity contribution in [3.63, 3.8) is 0 Å². The molecule has 0 bridgehead atoms. The smallest absolute Gasteiger partial charge is 0.244 e. The largest absolute Gasteiger partial charge is 0.352 e. The van der Waals surface area contributed by atoms with Crippen LogP contribution >= 0.6 is 23.2 Å². The molecule has 0 atom stereocenters. The molecule has 0 radical (unpaired) electrons. The van der Waals surface area contributed by atoms with Crippen LogP contribution in [0.3, 0.4) is 0 Å². The van der Waals surface area contributed by atoms with Crippen molar-refractivity contribution >= 4 is 34.8 Å². The Balaban J connectivity index is 2.75. The van der Waals surface area contributed by atoms with Gasteiger partial charge in [0, 0.05) is 0 Å². The maximum atomic E-state index is 11.5. The van der Waals surface area contributed by atoms with Crippen molar-refractivity contribution in [2.75, 3.05) is 0 Å². The van der Waals surface area contributed by atoms with Crippen molar-refractivity contribution < 1.29 is 14.1 Å². The van der Waals surface area contributed by atoms with Gasteiger partial charge < -0.3 is 4.52 Å². The Morgan fingerprint density at radius 2 is 1.71 bits per heavy atom. The summed E-state index contributed by atoms with van der Waals surface area (Å²) in [6.45, 7) is 1.55. The highest BCUT2D eigenvalue weighted by molar-refractivity contribution is 6.59. The number of aromatic nitrogens is 1. The second kappa shape index (κ2) is 2.93. The standard InChI is InChI=1S/C8H3Cl2NO3/c1-2-3-6(12)4(9)5(10)7(13)8(3)14-11-2/h1H3. The summed E-state index contributed by atoms with van der Waals surface area (Å²) in [4.78, 5) is 23.0. The number of aryl methyl sites for hydroxylation is 1. The van der Waals surface area contributed by atoms with Crippen LogP contribution in [-0.2, 0) is 0 Å². The fourth-order valence-electron chi connectivity index (χ4n) is 1.20. The first-order chi connectivity index (χ1) is 6.54. The normalized spacial score (nSPS) is 16.2. The first-order valence-electron chi connectivity index (χ1n) is 3.65. The van der Waals surface area contributed by atoms with Gasteiger partial charge in [0.05, 0.1) is 11.3 Å². The summed E-state index contributed by atoms with van der Waals surface area (Å²) >= 11 is 11.1. The second-order valence-electron chi connectivity index (χ2n) is 2.76. The van der Waals surface area contributed by atoms with E-state index in [9.17, 15) is 9.59 Å². The van der Waals surface area contributed by atoms with Crippen molar-refractivity contribution in [1.82, 2.24) is 5.16 Å². The molecule has 6 heteroatoms. The molecular weight excluding hydrogens is 229 g/mol. The summed E-state index contributed by atoms with van der Waals surface area (Å²) in [6.07, 6.45) is 0. The number of allylic oxidation sites excluding steroid dienone is 2. The Labute approximate surface area is 88.5 Å². The molecule has 0 aromatic carbocycles. The minimum absolute atomic E-state index is 0.101. The zero-order chi connectivity index (χ0) is 10.5. The van der Waals surface area contributed by atoms with Crippen LogP contribution in [0.5, 0.6) is 0 Å². The highest BCUT2D eigenvalue weighted by atomic mass is 35.5. The van der Waals surface area contributed by atoms with Gasteiger partial charge in [0.15, 0.2) is 0 Å². The summed E-state index contributed by atoms with van der Waals surface area (Å²) in [5.74, 6) is -1.27. The maximum absolute atomic E-state index is 11.5. The number of ketones is 2. The third-order valence-corrected chi connectivity index (χ3v) is 2.71. The topological polar surface area (TPSA) is 60.2 Å². The zero-order valence-corrected chi connectivity index (χ0v) is 8.44. The first-order valence-corrected chi connectivity index (χ1v) is 4.40. The molecule has 1 heterocycles. The quantitative estimate of drug-likeness (QED) is 0.686. The lowest BCUT2D eigenvalue weighted by Crippen LogP contribution is -2.16. The first kappa shape index (κ1) is 9.43. The second-order valence-corrected chi connectivity index (χ2v) is 3.51. The van der Waals surface area contributed by atoms with Crippen LogP contribution in [0.25, 0.3) is 0 Å². The van der Waals surface area contributed by atoms with Gasteiger partial charge >= 0.3 is 0 Å². The van der Waals surface area contributed by atoms with E-state index in [2.05, 4.69) is 5.16 Å². The third-order valence-electron chi connectivity index (χ3n) is 1.89. The van der Waals surface area contributed by atoms with Gasteiger partial charge in [-0.05, 0) is 6.92 Å². The predicted octanol–water partition coefficient (Wildman–Crippen LogP) is 2.05. The van der Waals surface area contributed by atoms with Crippen LogP contribution in [0.4, 0.5) is 0 Å². The maximum Gasteiger partial charge on any atom is 0.244 e. The van der Waals surface area contributed by atoms with Gasteiger partial charge in [-0.15, -0.1) is 0 Å². The van der Waals surface area contributed by atoms with Gasteiger partial charge in [-0.2, -0.15) is 0 Å². The van der Waals surface area contributed by atoms with E-state index >= 15 is 0 Å². The number of Topliss-reactive ketones (excluding diaryl/α,β-unsaturated/α-hetero) is 2. The fourth-order valence-corrected chi connectivity index (χ4v) is 1.55. The van der Waals surface area contributed by atoms with Gasteiger partial charge in [0.2, 0.25) is 17.3 Å². The monoisotopic (exact) mass is 231 g/mol. The Kier molecular flexibility index (Phi) is 1.97. The van der Waals surface area contributed by atoms with Gasteiger partial charge in [-0.25, -0.2) is 0 Å². The predicted molar refractivity (Wildman–Crippen MR) is 48.6 cm³/mol. The van der Waals surface area contributed by atoms with E-state index in [-0.39, 0.29) is 21.4 Å². The average molecular weight is 232 g/mol. The van der Waals surface area contributed by atoms with E-state index in [1.54, 1.807) is 6.92 Å². The molecule has 0 fully saturated rings. The van der Waals surface area contributed by atoms with E-state index in [1.807, 2.05) is 0 Å². The Morgan fingerprint density at radius 3 is 2.36 bits per heavy atom. The average Bonchev–Trinajstić information content (AvgIpc) is 2.54. The number of fused-ring (bicyclic) bond motifs is 1. The number of nitrogens with zero attached hydrogens (tertiary/aromatic N) is 1. The molecule has 14 heavy (non-hydrogen) atoms. The van der Waals surface area contributed by atoms with Crippen LogP contribution in [0.2, 0.25) is 0 Å². The molecule has 0 saturated carbocycles. The number of carbonyl (C=O) groups excluding carboxylic acids is 2. The lowest BCUT2D eigenvalue weighted by Gasteiger charge is -2.07. The Bertz CT molecular complexity index is 487. The number of rotatable bonds is 0. The van der Waals surface area contributed by atoms with Crippen LogP contribution < -0.4 is 0 Å². The summed E-state index contributed by atoms with van der Waals surface area (Å²) in [5.41, 5.74) is 0.435. The summed E-state index contributed by atoms with van der Waals surface area (Å²) < 4.78 is 4.69. The minimum Gasteiger partial charge on any atom is -0.352 e. The molecule has 2 rings (SSSR count). The molecule has 4 nitrogen and oxygen atoms in total. The Hall–Kier alpha value is -1.13. The van der Waals surface area contributed by atoms with Gasteiger partial charge in [-0.1, -0.05) is 28.4 Å². The molecule has 0 N–H and O–H groups in total. The number of hydrogen-bond donors (Lipinski definition) is 0. The highest BCUT2D eigenvalue weighted by Crippen LogP contribution is 2.31. The molecular formula is C8H3Cl2NO3. The lowest BCUT2D eigenvalue weighted by molar-refractivity contribution is 0.0962. The summed E-state index contributed by atoms with van der Waals surface area (Å²) in [6, 6.07) is 0. The van der Waals surface area contributed by atoms with E-state index < -0.39 is 11.6 Å². The highest BCUT2D eigenvalue weighted by Gasteiger charge is 2.36. The summed E-state index contributed by atoms with van der Waals surface area (Å²) in [7, 11) is 0. The molecule has 0 unspecified atom stereocenters. The van der Waals surface area contributed by atoms with Gasteiger partial charge in [0.25, 0.3) is 0 Å². The van der Waals surface area contributed by atoms with Gasteiger partial charge in [-0.3, -0.25) is 9.59 Å². The van der Waals surface area contributed by atoms with Crippen molar-refractivity contribution in [3.05, 3.63) is 27.1 Å². The van der Waals surface area contributed by atoms with E-state index in [4.69, 9.17) is 27.7 Å². The molecule has 0 saturated heterocycles. The molecule has 1 aliphatic rings. The van der Waals surface area contributed by atoms with E-state index in [1.165, 1.54) is 0 Å². The fraction of sp³-hybridized carbons (Fsp3) is 0.125. The van der Waals surface area contributed by atoms with Crippen molar-refractivity contribution in [2.45, 2.75) is 6.92 Å². The molecule has 1 aromatic rings. The Morgan fingerprint density at radius 1 is 1.14 bits per heavy atom. The van der Waals surface area contributed by atoms with Crippen molar-refractivity contribution in [2.24, 2.45) is 0 Å². The minimum atomic E-state index is -0.605. The lowest BCUT2D eigenvalue weighted by atomic mass is 10.0. The van der Waals surface area contributed by atoms with Crippen LogP contribution in [0.1, 0.15) is 26.6 Å². The van der Waals surface area contributed by atoms with Crippen LogP contribution in [0.15, 0.2) is 14.6 Å². The SMILES string of the molecule is Cc1noc2c1C(=O)C(Cl)=C(Cl)C2=O. The number of halogens is 2. The molecule has 0 spiro atoms. The molecule has 1 aliphatic carbocycles. The zero-order valence-electron chi connectivity index (χ0n) is 6.93. The van der Waals surface area contributed by atoms with Crippen LogP contribution in [0, 0.1) is 6.92 Å². The van der Waals surface area contributed by atoms with Crippen LogP contribution in [-0.4, -0.2) is 16.7 Å². The van der Waals surface area contributed by atoms with Crippen molar-refractivity contribution in [1.29, 1.82) is 0 Å². The molecule has 0 aliphatic heterocycles. The summed E-state index contributed by atoms with van der Waals surface area (Å²) in [5, 5.41) is 2.91. The molecule has 72 valence electrons. The number of hydrogen-bond acceptors (Lipinski definition) is 4. The van der Waals surface area contributed by atoms with E-state index in [0.717, 1.165) is 0 Å². The number of carbonyl (C=O) groups is 2. The molecule has 1 aromatic heterocycles. The van der Waals surface area contributed by atoms with Crippen molar-refractivity contribution in [3.8, 4) is 0 Å².